The van der Waals surface area contributed by atoms with Crippen molar-refractivity contribution in [2.24, 2.45) is 23.5 Å². The van der Waals surface area contributed by atoms with Crippen LogP contribution >= 0.6 is 0 Å². The molecule has 0 spiro atoms. The van der Waals surface area contributed by atoms with Crippen molar-refractivity contribution in [3.63, 3.8) is 0 Å². The number of carbonyl (C=O) groups excluding carboxylic acids is 1. The van der Waals surface area contributed by atoms with E-state index in [1.807, 2.05) is 6.20 Å². The number of nitrogens with two attached hydrogens (primary N) is 1. The third-order valence-electron chi connectivity index (χ3n) is 4.68. The molecule has 1 saturated heterocycles. The lowest BCUT2D eigenvalue weighted by Gasteiger charge is -2.42. The highest BCUT2D eigenvalue weighted by molar-refractivity contribution is 5.80. The number of nitrogens with zero attached hydrogens (tertiary/aromatic N) is 2. The van der Waals surface area contributed by atoms with Crippen LogP contribution in [0.1, 0.15) is 32.3 Å². The van der Waals surface area contributed by atoms with E-state index in [0.29, 0.717) is 24.2 Å². The van der Waals surface area contributed by atoms with Crippen LogP contribution in [0.25, 0.3) is 0 Å². The molecule has 1 aliphatic heterocycles. The van der Waals surface area contributed by atoms with Crippen molar-refractivity contribution < 1.29 is 4.79 Å². The predicted molar refractivity (Wildman–Crippen MR) is 86.3 cm³/mol. The second kappa shape index (κ2) is 7.03. The van der Waals surface area contributed by atoms with Gasteiger partial charge in [0.25, 0.3) is 0 Å². The van der Waals surface area contributed by atoms with Gasteiger partial charge >= 0.3 is 0 Å². The van der Waals surface area contributed by atoms with Gasteiger partial charge in [0.05, 0.1) is 6.54 Å². The van der Waals surface area contributed by atoms with Crippen molar-refractivity contribution >= 4 is 11.6 Å². The summed E-state index contributed by atoms with van der Waals surface area (Å²) in [5, 5.41) is 0. The van der Waals surface area contributed by atoms with Gasteiger partial charge in [0.2, 0.25) is 0 Å². The lowest BCUT2D eigenvalue weighted by atomic mass is 9.76. The molecule has 21 heavy (non-hydrogen) atoms. The second-order valence-corrected chi connectivity index (χ2v) is 6.50. The highest BCUT2D eigenvalue weighted by Crippen LogP contribution is 2.33. The van der Waals surface area contributed by atoms with Gasteiger partial charge < -0.3 is 10.6 Å². The maximum absolute atomic E-state index is 11.4. The van der Waals surface area contributed by atoms with Gasteiger partial charge in [-0.25, -0.2) is 4.98 Å². The fraction of sp³-hybridized carbons (Fsp3) is 0.647. The average molecular weight is 289 g/mol. The monoisotopic (exact) mass is 289 g/mol. The molecule has 0 saturated carbocycles. The second-order valence-electron chi connectivity index (χ2n) is 6.50. The van der Waals surface area contributed by atoms with Gasteiger partial charge in [-0.3, -0.25) is 4.79 Å². The summed E-state index contributed by atoms with van der Waals surface area (Å²) in [6.45, 7) is 8.84. The Hall–Kier alpha value is -1.42. The van der Waals surface area contributed by atoms with Gasteiger partial charge in [-0.05, 0) is 42.7 Å². The first kappa shape index (κ1) is 16.0. The molecule has 0 aromatic carbocycles. The highest BCUT2D eigenvalue weighted by Gasteiger charge is 2.32. The Balaban J connectivity index is 1.98. The van der Waals surface area contributed by atoms with Crippen LogP contribution in [0.15, 0.2) is 18.3 Å². The minimum Gasteiger partial charge on any atom is -0.356 e. The van der Waals surface area contributed by atoms with E-state index in [1.165, 1.54) is 5.56 Å². The van der Waals surface area contributed by atoms with Gasteiger partial charge in [-0.15, -0.1) is 0 Å². The molecule has 2 atom stereocenters. The number of hydrogen-bond donors (Lipinski definition) is 1. The van der Waals surface area contributed by atoms with E-state index in [1.54, 1.807) is 0 Å². The molecule has 2 unspecified atom stereocenters. The van der Waals surface area contributed by atoms with Crippen molar-refractivity contribution in [2.75, 3.05) is 24.5 Å². The molecule has 1 aromatic heterocycles. The zero-order valence-corrected chi connectivity index (χ0v) is 13.4. The molecule has 0 bridgehead atoms. The molecule has 4 heteroatoms. The smallest absolute Gasteiger partial charge is 0.146 e. The summed E-state index contributed by atoms with van der Waals surface area (Å²) >= 11 is 0. The van der Waals surface area contributed by atoms with E-state index in [9.17, 15) is 4.79 Å². The minimum atomic E-state index is 0.175. The summed E-state index contributed by atoms with van der Waals surface area (Å²) in [5.41, 5.74) is 6.59. The minimum absolute atomic E-state index is 0.175. The molecule has 1 aliphatic rings. The zero-order chi connectivity index (χ0) is 15.4. The zero-order valence-electron chi connectivity index (χ0n) is 13.4. The molecule has 1 fully saturated rings. The normalized spacial score (nSPS) is 25.9. The largest absolute Gasteiger partial charge is 0.356 e. The van der Waals surface area contributed by atoms with Crippen molar-refractivity contribution in [2.45, 2.75) is 33.6 Å². The molecule has 2 rings (SSSR count). The summed E-state index contributed by atoms with van der Waals surface area (Å²) in [7, 11) is 0. The Bertz CT molecular complexity index is 459. The molecule has 2 heterocycles. The number of anilines is 1. The van der Waals surface area contributed by atoms with Crippen LogP contribution in [0.5, 0.6) is 0 Å². The Morgan fingerprint density at radius 3 is 2.52 bits per heavy atom. The van der Waals surface area contributed by atoms with E-state index in [-0.39, 0.29) is 12.3 Å². The Labute approximate surface area is 127 Å². The molecular formula is C17H27N3O. The lowest BCUT2D eigenvalue weighted by molar-refractivity contribution is -0.118. The molecule has 0 aliphatic carbocycles. The van der Waals surface area contributed by atoms with Crippen LogP contribution in [0.2, 0.25) is 0 Å². The van der Waals surface area contributed by atoms with E-state index >= 15 is 0 Å². The fourth-order valence-electron chi connectivity index (χ4n) is 3.43. The van der Waals surface area contributed by atoms with Gasteiger partial charge in [0, 0.05) is 25.7 Å². The lowest BCUT2D eigenvalue weighted by Crippen LogP contribution is -2.45. The number of piperidine rings is 1. The topological polar surface area (TPSA) is 59.2 Å². The van der Waals surface area contributed by atoms with Gasteiger partial charge in [-0.1, -0.05) is 19.9 Å². The Kier molecular flexibility index (Phi) is 5.34. The van der Waals surface area contributed by atoms with Crippen LogP contribution in [0.4, 0.5) is 5.82 Å². The molecule has 0 radical (unpaired) electrons. The SMILES string of the molecule is Cc1ccc(N2CC(C)C(CCC(=O)CN)C(C)C2)nc1. The number of aromatic nitrogens is 1. The summed E-state index contributed by atoms with van der Waals surface area (Å²) in [5.74, 6) is 2.99. The number of hydrogen-bond acceptors (Lipinski definition) is 4. The standard InChI is InChI=1S/C17H27N3O/c1-12-4-7-17(19-9-12)20-10-13(2)16(14(3)11-20)6-5-15(21)8-18/h4,7,9,13-14,16H,5-6,8,10-11,18H2,1-3H3. The Morgan fingerprint density at radius 2 is 2.00 bits per heavy atom. The third-order valence-corrected chi connectivity index (χ3v) is 4.68. The van der Waals surface area contributed by atoms with E-state index in [0.717, 1.165) is 25.3 Å². The van der Waals surface area contributed by atoms with Gasteiger partial charge in [0.15, 0.2) is 0 Å². The first-order valence-electron chi connectivity index (χ1n) is 7.90. The maximum Gasteiger partial charge on any atom is 0.146 e. The summed E-state index contributed by atoms with van der Waals surface area (Å²) in [4.78, 5) is 18.3. The molecule has 4 nitrogen and oxygen atoms in total. The molecule has 0 amide bonds. The molecule has 2 N–H and O–H groups in total. The predicted octanol–water partition coefficient (Wildman–Crippen LogP) is 2.41. The van der Waals surface area contributed by atoms with Crippen LogP contribution in [0.3, 0.4) is 0 Å². The quantitative estimate of drug-likeness (QED) is 0.904. The number of carbonyl (C=O) groups is 1. The van der Waals surface area contributed by atoms with E-state index in [4.69, 9.17) is 5.73 Å². The van der Waals surface area contributed by atoms with E-state index in [2.05, 4.69) is 42.8 Å². The summed E-state index contributed by atoms with van der Waals surface area (Å²) < 4.78 is 0. The molecular weight excluding hydrogens is 262 g/mol. The number of pyridine rings is 1. The fourth-order valence-corrected chi connectivity index (χ4v) is 3.43. The number of rotatable bonds is 5. The van der Waals surface area contributed by atoms with E-state index < -0.39 is 0 Å². The summed E-state index contributed by atoms with van der Waals surface area (Å²) in [6, 6.07) is 4.22. The van der Waals surface area contributed by atoms with Gasteiger partial charge in [-0.2, -0.15) is 0 Å². The maximum atomic E-state index is 11.4. The summed E-state index contributed by atoms with van der Waals surface area (Å²) in [6.07, 6.45) is 3.52. The number of Topliss-reactive ketones (excluding diaryl/α,β-unsaturated/α-hetero) is 1. The van der Waals surface area contributed by atoms with Crippen molar-refractivity contribution in [1.29, 1.82) is 0 Å². The molecule has 1 aromatic rings. The first-order valence-corrected chi connectivity index (χ1v) is 7.90. The number of ketones is 1. The van der Waals surface area contributed by atoms with Crippen LogP contribution in [0, 0.1) is 24.7 Å². The van der Waals surface area contributed by atoms with Crippen molar-refractivity contribution in [3.8, 4) is 0 Å². The highest BCUT2D eigenvalue weighted by atomic mass is 16.1. The average Bonchev–Trinajstić information content (AvgIpc) is 2.46. The van der Waals surface area contributed by atoms with Crippen LogP contribution in [-0.2, 0) is 4.79 Å². The van der Waals surface area contributed by atoms with Crippen LogP contribution in [-0.4, -0.2) is 30.4 Å². The van der Waals surface area contributed by atoms with Gasteiger partial charge in [0.1, 0.15) is 11.6 Å². The Morgan fingerprint density at radius 1 is 1.33 bits per heavy atom. The van der Waals surface area contributed by atoms with Crippen LogP contribution < -0.4 is 10.6 Å². The van der Waals surface area contributed by atoms with Crippen molar-refractivity contribution in [3.05, 3.63) is 23.9 Å². The third kappa shape index (κ3) is 4.03. The van der Waals surface area contributed by atoms with Crippen molar-refractivity contribution in [1.82, 2.24) is 4.98 Å². The number of aryl methyl sites for hydroxylation is 1. The first-order chi connectivity index (χ1) is 10.0. The molecule has 116 valence electrons.